The van der Waals surface area contributed by atoms with Crippen molar-refractivity contribution in [2.24, 2.45) is 5.10 Å². The number of H-pyrrole nitrogens is 1. The molecule has 0 amide bonds. The van der Waals surface area contributed by atoms with Gasteiger partial charge in [0.15, 0.2) is 0 Å². The van der Waals surface area contributed by atoms with Crippen molar-refractivity contribution in [3.8, 4) is 0 Å². The van der Waals surface area contributed by atoms with E-state index in [4.69, 9.17) is 5.11 Å². The number of benzene rings is 1. The minimum absolute atomic E-state index is 0.0928. The Morgan fingerprint density at radius 3 is 2.71 bits per heavy atom. The number of aromatic nitrogens is 3. The first-order valence-corrected chi connectivity index (χ1v) is 5.83. The summed E-state index contributed by atoms with van der Waals surface area (Å²) in [5.41, 5.74) is 0.0473. The first kappa shape index (κ1) is 14.9. The van der Waals surface area contributed by atoms with Crippen molar-refractivity contribution in [1.29, 1.82) is 0 Å². The Morgan fingerprint density at radius 2 is 2.10 bits per heavy atom. The molecule has 0 radical (unpaired) electrons. The van der Waals surface area contributed by atoms with Crippen LogP contribution in [0.15, 0.2) is 29.4 Å². The Hall–Kier alpha value is -2.49. The summed E-state index contributed by atoms with van der Waals surface area (Å²) in [5, 5.41) is 17.6. The fourth-order valence-corrected chi connectivity index (χ4v) is 1.69. The topological polar surface area (TPSA) is 83.3 Å². The van der Waals surface area contributed by atoms with E-state index >= 15 is 0 Å². The van der Waals surface area contributed by atoms with Crippen LogP contribution in [0.3, 0.4) is 0 Å². The number of hydrogen-bond acceptors (Lipinski definition) is 4. The van der Waals surface area contributed by atoms with Crippen LogP contribution in [-0.2, 0) is 6.18 Å². The number of nitrogens with one attached hydrogen (secondary N) is 1. The molecule has 0 aliphatic carbocycles. The number of aromatic carboxylic acids is 1. The van der Waals surface area contributed by atoms with E-state index in [1.807, 2.05) is 5.10 Å². The van der Waals surface area contributed by atoms with Crippen molar-refractivity contribution < 1.29 is 23.1 Å². The molecule has 0 saturated heterocycles. The normalized spacial score (nSPS) is 12.0. The lowest BCUT2D eigenvalue weighted by Gasteiger charge is -2.04. The monoisotopic (exact) mass is 316 g/mol. The van der Waals surface area contributed by atoms with Crippen LogP contribution in [0.5, 0.6) is 0 Å². The van der Waals surface area contributed by atoms with E-state index in [-0.39, 0.29) is 15.9 Å². The van der Waals surface area contributed by atoms with Gasteiger partial charge in [0.1, 0.15) is 0 Å². The molecule has 2 rings (SSSR count). The molecule has 0 spiro atoms. The third-order valence-electron chi connectivity index (χ3n) is 2.41. The lowest BCUT2D eigenvalue weighted by molar-refractivity contribution is -0.147. The Bertz CT molecular complexity index is 763. The van der Waals surface area contributed by atoms with Crippen LogP contribution in [0.2, 0.25) is 0 Å². The zero-order chi connectivity index (χ0) is 15.6. The van der Waals surface area contributed by atoms with Crippen LogP contribution in [-0.4, -0.2) is 32.2 Å². The van der Waals surface area contributed by atoms with Crippen LogP contribution >= 0.6 is 12.2 Å². The average Bonchev–Trinajstić information content (AvgIpc) is 2.77. The maximum atomic E-state index is 12.7. The predicted octanol–water partition coefficient (Wildman–Crippen LogP) is 2.54. The van der Waals surface area contributed by atoms with Gasteiger partial charge < -0.3 is 5.11 Å². The van der Waals surface area contributed by atoms with Gasteiger partial charge in [-0.1, -0.05) is 18.2 Å². The molecule has 110 valence electrons. The molecule has 21 heavy (non-hydrogen) atoms. The second kappa shape index (κ2) is 5.48. The molecule has 0 atom stereocenters. The van der Waals surface area contributed by atoms with Crippen LogP contribution in [0, 0.1) is 4.77 Å². The molecular weight excluding hydrogens is 309 g/mol. The molecular formula is C11H7F3N4O2S. The lowest BCUT2D eigenvalue weighted by Crippen LogP contribution is -2.13. The minimum atomic E-state index is -4.74. The summed E-state index contributed by atoms with van der Waals surface area (Å²) in [6.07, 6.45) is -3.76. The summed E-state index contributed by atoms with van der Waals surface area (Å²) in [4.78, 5) is 11.0. The second-order valence-electron chi connectivity index (χ2n) is 3.80. The minimum Gasteiger partial charge on any atom is -0.478 e. The van der Waals surface area contributed by atoms with Gasteiger partial charge in [-0.05, 0) is 18.3 Å². The van der Waals surface area contributed by atoms with E-state index in [1.54, 1.807) is 0 Å². The molecule has 1 aromatic carbocycles. The summed E-state index contributed by atoms with van der Waals surface area (Å²) in [6.45, 7) is 0. The van der Waals surface area contributed by atoms with Crippen LogP contribution in [0.4, 0.5) is 13.2 Å². The number of alkyl halides is 3. The summed E-state index contributed by atoms with van der Waals surface area (Å²) in [7, 11) is 0. The summed E-state index contributed by atoms with van der Waals surface area (Å²) in [6, 6.07) is 5.74. The third kappa shape index (κ3) is 3.16. The molecule has 0 aliphatic heterocycles. The molecule has 2 N–H and O–H groups in total. The Kier molecular flexibility index (Phi) is 3.89. The number of halogens is 3. The summed E-state index contributed by atoms with van der Waals surface area (Å²) < 4.78 is 38.1. The van der Waals surface area contributed by atoms with Gasteiger partial charge in [-0.15, -0.1) is 5.10 Å². The highest BCUT2D eigenvalue weighted by Gasteiger charge is 2.37. The third-order valence-corrected chi connectivity index (χ3v) is 2.67. The van der Waals surface area contributed by atoms with E-state index < -0.39 is 18.0 Å². The lowest BCUT2D eigenvalue weighted by atomic mass is 10.1. The fraction of sp³-hybridized carbons (Fsp3) is 0.0909. The molecule has 0 unspecified atom stereocenters. The number of carboxylic acids is 1. The maximum Gasteiger partial charge on any atom is 0.453 e. The number of carbonyl (C=O) groups is 1. The summed E-state index contributed by atoms with van der Waals surface area (Å²) in [5.74, 6) is -2.54. The smallest absolute Gasteiger partial charge is 0.453 e. The SMILES string of the molecule is O=C(O)c1ccccc1C=Nn1c(C(F)(F)F)n[nH]c1=S. The number of hydrogen-bond donors (Lipinski definition) is 2. The van der Waals surface area contributed by atoms with Crippen molar-refractivity contribution in [3.63, 3.8) is 0 Å². The predicted molar refractivity (Wildman–Crippen MR) is 68.8 cm³/mol. The zero-order valence-electron chi connectivity index (χ0n) is 10.1. The van der Waals surface area contributed by atoms with Gasteiger partial charge in [-0.25, -0.2) is 9.89 Å². The molecule has 2 aromatic rings. The Labute approximate surface area is 120 Å². The highest BCUT2D eigenvalue weighted by atomic mass is 32.1. The Balaban J connectivity index is 2.47. The van der Waals surface area contributed by atoms with Gasteiger partial charge in [-0.3, -0.25) is 0 Å². The number of nitrogens with zero attached hydrogens (tertiary/aromatic N) is 3. The van der Waals surface area contributed by atoms with Crippen molar-refractivity contribution in [2.45, 2.75) is 6.18 Å². The molecule has 0 bridgehead atoms. The molecule has 0 fully saturated rings. The average molecular weight is 316 g/mol. The molecule has 10 heteroatoms. The molecule has 0 aliphatic rings. The molecule has 1 heterocycles. The number of aromatic amines is 1. The fourth-order valence-electron chi connectivity index (χ4n) is 1.51. The van der Waals surface area contributed by atoms with E-state index in [9.17, 15) is 18.0 Å². The summed E-state index contributed by atoms with van der Waals surface area (Å²) >= 11 is 4.66. The number of carboxylic acid groups (broad SMARTS) is 1. The van der Waals surface area contributed by atoms with Gasteiger partial charge in [-0.2, -0.15) is 22.9 Å². The van der Waals surface area contributed by atoms with Crippen molar-refractivity contribution in [2.75, 3.05) is 0 Å². The maximum absolute atomic E-state index is 12.7. The van der Waals surface area contributed by atoms with Gasteiger partial charge in [0.05, 0.1) is 11.8 Å². The van der Waals surface area contributed by atoms with E-state index in [2.05, 4.69) is 22.4 Å². The number of rotatable bonds is 3. The Morgan fingerprint density at radius 1 is 1.43 bits per heavy atom. The van der Waals surface area contributed by atoms with Gasteiger partial charge >= 0.3 is 12.1 Å². The van der Waals surface area contributed by atoms with Gasteiger partial charge in [0.2, 0.25) is 4.77 Å². The molecule has 6 nitrogen and oxygen atoms in total. The second-order valence-corrected chi connectivity index (χ2v) is 4.19. The van der Waals surface area contributed by atoms with Crippen LogP contribution in [0.25, 0.3) is 0 Å². The van der Waals surface area contributed by atoms with Crippen molar-refractivity contribution in [3.05, 3.63) is 46.0 Å². The van der Waals surface area contributed by atoms with Crippen molar-refractivity contribution in [1.82, 2.24) is 14.9 Å². The van der Waals surface area contributed by atoms with Crippen molar-refractivity contribution >= 4 is 24.4 Å². The van der Waals surface area contributed by atoms with E-state index in [0.717, 1.165) is 6.21 Å². The zero-order valence-corrected chi connectivity index (χ0v) is 10.9. The van der Waals surface area contributed by atoms with Crippen LogP contribution in [0.1, 0.15) is 21.7 Å². The van der Waals surface area contributed by atoms with Gasteiger partial charge in [0.25, 0.3) is 5.82 Å². The highest BCUT2D eigenvalue weighted by molar-refractivity contribution is 7.71. The molecule has 1 aromatic heterocycles. The first-order chi connectivity index (χ1) is 9.80. The first-order valence-electron chi connectivity index (χ1n) is 5.42. The van der Waals surface area contributed by atoms with E-state index in [1.165, 1.54) is 24.3 Å². The van der Waals surface area contributed by atoms with E-state index in [0.29, 0.717) is 4.68 Å². The quantitative estimate of drug-likeness (QED) is 0.673. The molecule has 0 saturated carbocycles. The largest absolute Gasteiger partial charge is 0.478 e. The highest BCUT2D eigenvalue weighted by Crippen LogP contribution is 2.27. The van der Waals surface area contributed by atoms with Crippen LogP contribution < -0.4 is 0 Å². The van der Waals surface area contributed by atoms with Gasteiger partial charge in [0, 0.05) is 5.56 Å². The standard InChI is InChI=1S/C11H7F3N4O2S/c12-11(13,14)9-16-17-10(21)18(9)15-5-6-3-1-2-4-7(6)8(19)20/h1-5H,(H,17,21)(H,19,20).